The number of fused-ring (bicyclic) bond motifs is 3. The number of hydrogen-bond donors (Lipinski definition) is 1. The number of aryl methyl sites for hydroxylation is 1. The second-order valence-electron chi connectivity index (χ2n) is 12.1. The Morgan fingerprint density at radius 3 is 2.00 bits per heavy atom. The summed E-state index contributed by atoms with van der Waals surface area (Å²) in [5.41, 5.74) is -10.6. The SMILES string of the molecule is O=C(C1CCC(F)(C(=O)O)CC1)N1CC[C@]2(S(=O)(=O)c3ccc(F)cc3)c3ccc(C(F)(C(F)(F)F)C(F)(F)F)cc3CCC[C@H]12. The summed E-state index contributed by atoms with van der Waals surface area (Å²) in [6, 6.07) is 3.76. The zero-order valence-corrected chi connectivity index (χ0v) is 24.7. The lowest BCUT2D eigenvalue weighted by Gasteiger charge is -2.40. The molecule has 2 aliphatic carbocycles. The van der Waals surface area contributed by atoms with E-state index >= 15 is 4.39 Å². The van der Waals surface area contributed by atoms with Gasteiger partial charge in [-0.3, -0.25) is 4.79 Å². The number of aliphatic carboxylic acids is 1. The van der Waals surface area contributed by atoms with Crippen LogP contribution in [0.5, 0.6) is 0 Å². The van der Waals surface area contributed by atoms with Crippen LogP contribution in [-0.4, -0.2) is 60.9 Å². The zero-order valence-electron chi connectivity index (χ0n) is 23.9. The van der Waals surface area contributed by atoms with Crippen LogP contribution in [0, 0.1) is 11.7 Å². The number of carbonyl (C=O) groups is 2. The quantitative estimate of drug-likeness (QED) is 0.280. The van der Waals surface area contributed by atoms with Crippen LogP contribution < -0.4 is 0 Å². The first-order valence-electron chi connectivity index (χ1n) is 14.4. The van der Waals surface area contributed by atoms with Crippen molar-refractivity contribution in [3.05, 3.63) is 65.0 Å². The molecule has 6 nitrogen and oxygen atoms in total. The van der Waals surface area contributed by atoms with Gasteiger partial charge < -0.3 is 10.0 Å². The van der Waals surface area contributed by atoms with Gasteiger partial charge in [0, 0.05) is 18.0 Å². The van der Waals surface area contributed by atoms with Gasteiger partial charge in [-0.25, -0.2) is 26.4 Å². The molecule has 16 heteroatoms. The van der Waals surface area contributed by atoms with Gasteiger partial charge in [0.2, 0.25) is 11.6 Å². The molecular formula is C30H28F9NO5S. The van der Waals surface area contributed by atoms with Gasteiger partial charge in [-0.2, -0.15) is 26.3 Å². The first kappa shape index (κ1) is 34.0. The molecule has 1 aliphatic heterocycles. The molecule has 46 heavy (non-hydrogen) atoms. The summed E-state index contributed by atoms with van der Waals surface area (Å²) in [7, 11) is -4.68. The van der Waals surface area contributed by atoms with E-state index in [4.69, 9.17) is 0 Å². The smallest absolute Gasteiger partial charge is 0.435 e. The molecule has 2 aromatic rings. The Bertz CT molecular complexity index is 1620. The summed E-state index contributed by atoms with van der Waals surface area (Å²) in [6.45, 7) is -0.223. The predicted molar refractivity (Wildman–Crippen MR) is 143 cm³/mol. The van der Waals surface area contributed by atoms with E-state index < -0.39 is 91.2 Å². The highest BCUT2D eigenvalue weighted by molar-refractivity contribution is 7.92. The molecule has 2 aromatic carbocycles. The minimum Gasteiger partial charge on any atom is -0.479 e. The van der Waals surface area contributed by atoms with Crippen LogP contribution in [-0.2, 0) is 36.3 Å². The molecule has 252 valence electrons. The summed E-state index contributed by atoms with van der Waals surface area (Å²) in [4.78, 5) is 26.0. The van der Waals surface area contributed by atoms with E-state index in [-0.39, 0.29) is 62.3 Å². The Labute approximate surface area is 257 Å². The fraction of sp³-hybridized carbons (Fsp3) is 0.533. The van der Waals surface area contributed by atoms with Crippen LogP contribution in [0.2, 0.25) is 0 Å². The van der Waals surface area contributed by atoms with Crippen LogP contribution in [0.15, 0.2) is 47.4 Å². The van der Waals surface area contributed by atoms with E-state index in [0.717, 1.165) is 30.3 Å². The van der Waals surface area contributed by atoms with Crippen molar-refractivity contribution >= 4 is 21.7 Å². The van der Waals surface area contributed by atoms with Gasteiger partial charge in [0.1, 0.15) is 10.6 Å². The number of nitrogens with zero attached hydrogens (tertiary/aromatic N) is 1. The fourth-order valence-corrected chi connectivity index (χ4v) is 9.65. The lowest BCUT2D eigenvalue weighted by atomic mass is 9.79. The Kier molecular flexibility index (Phi) is 8.25. The first-order chi connectivity index (χ1) is 21.2. The van der Waals surface area contributed by atoms with Crippen molar-refractivity contribution in [3.8, 4) is 0 Å². The van der Waals surface area contributed by atoms with Gasteiger partial charge in [-0.15, -0.1) is 0 Å². The lowest BCUT2D eigenvalue weighted by molar-refractivity contribution is -0.348. The minimum absolute atomic E-state index is 0.0137. The molecular weight excluding hydrogens is 657 g/mol. The van der Waals surface area contributed by atoms with Crippen molar-refractivity contribution in [2.24, 2.45) is 5.92 Å². The number of carboxylic acids is 1. The van der Waals surface area contributed by atoms with Gasteiger partial charge in [-0.05, 0) is 86.8 Å². The highest BCUT2D eigenvalue weighted by Gasteiger charge is 2.73. The van der Waals surface area contributed by atoms with Gasteiger partial charge in [0.25, 0.3) is 0 Å². The molecule has 0 spiro atoms. The molecule has 1 heterocycles. The predicted octanol–water partition coefficient (Wildman–Crippen LogP) is 6.70. The van der Waals surface area contributed by atoms with E-state index in [1.165, 1.54) is 4.90 Å². The third-order valence-corrected chi connectivity index (χ3v) is 12.2. The lowest BCUT2D eigenvalue weighted by Crippen LogP contribution is -2.52. The molecule has 2 atom stereocenters. The number of rotatable bonds is 5. The normalized spacial score (nSPS) is 27.5. The summed E-state index contributed by atoms with van der Waals surface area (Å²) in [5, 5.41) is 9.21. The van der Waals surface area contributed by atoms with Crippen LogP contribution in [0.3, 0.4) is 0 Å². The van der Waals surface area contributed by atoms with Crippen molar-refractivity contribution < 1.29 is 62.6 Å². The van der Waals surface area contributed by atoms with Gasteiger partial charge >= 0.3 is 24.0 Å². The Morgan fingerprint density at radius 2 is 1.46 bits per heavy atom. The van der Waals surface area contributed by atoms with Crippen molar-refractivity contribution in [2.75, 3.05) is 6.54 Å². The zero-order chi connectivity index (χ0) is 34.1. The molecule has 2 fully saturated rings. The number of halogens is 9. The maximum absolute atomic E-state index is 15.1. The molecule has 0 radical (unpaired) electrons. The van der Waals surface area contributed by atoms with E-state index in [0.29, 0.717) is 6.07 Å². The third-order valence-electron chi connectivity index (χ3n) is 9.70. The van der Waals surface area contributed by atoms with E-state index in [2.05, 4.69) is 0 Å². The molecule has 1 saturated carbocycles. The standard InChI is InChI=1S/C30H28F9NO5S/c31-20-5-7-21(8-6-20)46(44,45)27-14-15-40(24(41)17-10-12-26(32,13-11-17)25(42)43)23(27)3-1-2-18-16-19(4-9-22(18)27)28(33,29(34,35)36)30(37,38)39/h4-9,16-17,23H,1-3,10-15H2,(H,42,43)/t17?,23-,26?,27-/m0/s1. The van der Waals surface area contributed by atoms with E-state index in [1.807, 2.05) is 0 Å². The number of benzene rings is 2. The number of carbonyl (C=O) groups excluding carboxylic acids is 1. The average molecular weight is 686 g/mol. The second-order valence-corrected chi connectivity index (χ2v) is 14.3. The molecule has 0 unspecified atom stereocenters. The maximum Gasteiger partial charge on any atom is 0.435 e. The molecule has 1 N–H and O–H groups in total. The van der Waals surface area contributed by atoms with Crippen LogP contribution in [0.1, 0.15) is 61.6 Å². The number of carboxylic acid groups (broad SMARTS) is 1. The highest BCUT2D eigenvalue weighted by atomic mass is 32.2. The molecule has 3 aliphatic rings. The number of amides is 1. The summed E-state index contributed by atoms with van der Waals surface area (Å²) < 4.78 is 152. The molecule has 1 saturated heterocycles. The molecule has 5 rings (SSSR count). The highest BCUT2D eigenvalue weighted by Crippen LogP contribution is 2.56. The van der Waals surface area contributed by atoms with Gasteiger partial charge in [-0.1, -0.05) is 18.2 Å². The van der Waals surface area contributed by atoms with Crippen molar-refractivity contribution in [1.82, 2.24) is 4.90 Å². The topological polar surface area (TPSA) is 91.8 Å². The minimum atomic E-state index is -6.40. The Morgan fingerprint density at radius 1 is 0.870 bits per heavy atom. The Hall–Kier alpha value is -3.30. The molecule has 0 aromatic heterocycles. The number of likely N-dealkylation sites (tertiary alicyclic amines) is 1. The number of hydrogen-bond acceptors (Lipinski definition) is 4. The summed E-state index contributed by atoms with van der Waals surface area (Å²) in [5.74, 6) is -3.92. The second kappa shape index (κ2) is 11.2. The Balaban J connectivity index is 1.65. The van der Waals surface area contributed by atoms with Crippen LogP contribution in [0.25, 0.3) is 0 Å². The number of sulfone groups is 1. The number of alkyl halides is 8. The van der Waals surface area contributed by atoms with E-state index in [1.54, 1.807) is 0 Å². The van der Waals surface area contributed by atoms with Crippen molar-refractivity contribution in [2.45, 2.75) is 90.7 Å². The van der Waals surface area contributed by atoms with Crippen LogP contribution in [0.4, 0.5) is 39.5 Å². The monoisotopic (exact) mass is 685 g/mol. The largest absolute Gasteiger partial charge is 0.479 e. The van der Waals surface area contributed by atoms with Crippen molar-refractivity contribution in [3.63, 3.8) is 0 Å². The summed E-state index contributed by atoms with van der Waals surface area (Å²) in [6.07, 6.45) is -14.8. The first-order valence-corrected chi connectivity index (χ1v) is 15.9. The summed E-state index contributed by atoms with van der Waals surface area (Å²) >= 11 is 0. The van der Waals surface area contributed by atoms with E-state index in [9.17, 15) is 58.2 Å². The van der Waals surface area contributed by atoms with Crippen molar-refractivity contribution in [1.29, 1.82) is 0 Å². The molecule has 0 bridgehead atoms. The fourth-order valence-electron chi connectivity index (χ4n) is 7.28. The van der Waals surface area contributed by atoms with Gasteiger partial charge in [0.15, 0.2) is 9.84 Å². The molecule has 1 amide bonds. The van der Waals surface area contributed by atoms with Gasteiger partial charge in [0.05, 0.1) is 10.9 Å². The average Bonchev–Trinajstić information content (AvgIpc) is 3.28. The third kappa shape index (κ3) is 5.05. The maximum atomic E-state index is 15.1. The van der Waals surface area contributed by atoms with Crippen LogP contribution >= 0.6 is 0 Å².